The summed E-state index contributed by atoms with van der Waals surface area (Å²) < 4.78 is 5.13. The van der Waals surface area contributed by atoms with E-state index in [4.69, 9.17) is 4.74 Å². The van der Waals surface area contributed by atoms with Gasteiger partial charge >= 0.3 is 0 Å². The molecule has 2 aliphatic rings. The van der Waals surface area contributed by atoms with Gasteiger partial charge in [0.05, 0.1) is 12.6 Å². The first-order valence-electron chi connectivity index (χ1n) is 7.12. The summed E-state index contributed by atoms with van der Waals surface area (Å²) in [6.07, 6.45) is 3.07. The van der Waals surface area contributed by atoms with Crippen LogP contribution in [0, 0.1) is 0 Å². The summed E-state index contributed by atoms with van der Waals surface area (Å²) in [7, 11) is 1.71. The predicted octanol–water partition coefficient (Wildman–Crippen LogP) is 0.0852. The SMILES string of the molecule is COCC1=CCN(C(=O)C(C)N2CCNCC2)CC1. The highest BCUT2D eigenvalue weighted by molar-refractivity contribution is 5.81. The van der Waals surface area contributed by atoms with Crippen molar-refractivity contribution in [2.45, 2.75) is 19.4 Å². The van der Waals surface area contributed by atoms with Crippen molar-refractivity contribution >= 4 is 5.91 Å². The standard InChI is InChI=1S/C14H25N3O2/c1-12(16-9-5-15-6-10-16)14(18)17-7-3-13(4-8-17)11-19-2/h3,12,15H,4-11H2,1-2H3. The highest BCUT2D eigenvalue weighted by Gasteiger charge is 2.27. The molecule has 1 atom stereocenters. The fourth-order valence-electron chi connectivity index (χ4n) is 2.72. The van der Waals surface area contributed by atoms with E-state index in [9.17, 15) is 4.79 Å². The Kier molecular flexibility index (Phi) is 5.36. The molecule has 0 bridgehead atoms. The van der Waals surface area contributed by atoms with Crippen molar-refractivity contribution < 1.29 is 9.53 Å². The summed E-state index contributed by atoms with van der Waals surface area (Å²) in [4.78, 5) is 16.7. The molecule has 1 saturated heterocycles. The Morgan fingerprint density at radius 2 is 2.16 bits per heavy atom. The Morgan fingerprint density at radius 3 is 2.74 bits per heavy atom. The summed E-state index contributed by atoms with van der Waals surface area (Å²) in [6.45, 7) is 8.16. The first-order chi connectivity index (χ1) is 9.22. The molecular weight excluding hydrogens is 242 g/mol. The number of carbonyl (C=O) groups excluding carboxylic acids is 1. The summed E-state index contributed by atoms with van der Waals surface area (Å²) in [5, 5.41) is 3.32. The monoisotopic (exact) mass is 267 g/mol. The van der Waals surface area contributed by atoms with Crippen LogP contribution in [0.15, 0.2) is 11.6 Å². The number of hydrogen-bond acceptors (Lipinski definition) is 4. The van der Waals surface area contributed by atoms with E-state index in [1.807, 2.05) is 11.8 Å². The van der Waals surface area contributed by atoms with Gasteiger partial charge in [-0.15, -0.1) is 0 Å². The van der Waals surface area contributed by atoms with E-state index < -0.39 is 0 Å². The van der Waals surface area contributed by atoms with E-state index in [0.717, 1.165) is 45.7 Å². The molecule has 0 saturated carbocycles. The normalized spacial score (nSPS) is 23.1. The Bertz CT molecular complexity index is 338. The average Bonchev–Trinajstić information content (AvgIpc) is 2.48. The zero-order valence-corrected chi connectivity index (χ0v) is 12.0. The van der Waals surface area contributed by atoms with E-state index in [1.54, 1.807) is 7.11 Å². The Morgan fingerprint density at radius 1 is 1.42 bits per heavy atom. The highest BCUT2D eigenvalue weighted by Crippen LogP contribution is 2.14. The number of ether oxygens (including phenoxy) is 1. The van der Waals surface area contributed by atoms with Crippen LogP contribution < -0.4 is 5.32 Å². The lowest BCUT2D eigenvalue weighted by atomic mass is 10.1. The molecule has 0 radical (unpaired) electrons. The lowest BCUT2D eigenvalue weighted by Crippen LogP contribution is -2.54. The summed E-state index contributed by atoms with van der Waals surface area (Å²) in [5.41, 5.74) is 1.31. The van der Waals surface area contributed by atoms with Crippen molar-refractivity contribution in [1.82, 2.24) is 15.1 Å². The number of nitrogens with one attached hydrogen (secondary N) is 1. The zero-order valence-electron chi connectivity index (χ0n) is 12.0. The molecular formula is C14H25N3O2. The van der Waals surface area contributed by atoms with E-state index in [-0.39, 0.29) is 11.9 Å². The minimum atomic E-state index is -0.000486. The Hall–Kier alpha value is -0.910. The maximum Gasteiger partial charge on any atom is 0.239 e. The van der Waals surface area contributed by atoms with Gasteiger partial charge in [0.1, 0.15) is 0 Å². The van der Waals surface area contributed by atoms with Crippen LogP contribution in [0.4, 0.5) is 0 Å². The molecule has 1 amide bonds. The molecule has 0 spiro atoms. The molecule has 108 valence electrons. The number of hydrogen-bond donors (Lipinski definition) is 1. The molecule has 2 heterocycles. The molecule has 1 unspecified atom stereocenters. The Balaban J connectivity index is 1.86. The molecule has 19 heavy (non-hydrogen) atoms. The predicted molar refractivity (Wildman–Crippen MR) is 75.1 cm³/mol. The molecule has 5 heteroatoms. The molecule has 2 rings (SSSR count). The van der Waals surface area contributed by atoms with E-state index in [0.29, 0.717) is 6.61 Å². The number of nitrogens with zero attached hydrogens (tertiary/aromatic N) is 2. The van der Waals surface area contributed by atoms with Gasteiger partial charge in [0.15, 0.2) is 0 Å². The third-order valence-corrected chi connectivity index (χ3v) is 4.00. The number of piperazine rings is 1. The molecule has 0 aliphatic carbocycles. The fourth-order valence-corrected chi connectivity index (χ4v) is 2.72. The molecule has 2 aliphatic heterocycles. The van der Waals surface area contributed by atoms with Crippen molar-refractivity contribution in [2.24, 2.45) is 0 Å². The van der Waals surface area contributed by atoms with Gasteiger partial charge in [-0.2, -0.15) is 0 Å². The smallest absolute Gasteiger partial charge is 0.239 e. The maximum absolute atomic E-state index is 12.5. The van der Waals surface area contributed by atoms with Crippen LogP contribution in [0.3, 0.4) is 0 Å². The minimum Gasteiger partial charge on any atom is -0.380 e. The van der Waals surface area contributed by atoms with Gasteiger partial charge in [-0.3, -0.25) is 9.69 Å². The van der Waals surface area contributed by atoms with Gasteiger partial charge < -0.3 is 15.0 Å². The van der Waals surface area contributed by atoms with Crippen LogP contribution in [0.2, 0.25) is 0 Å². The number of amides is 1. The van der Waals surface area contributed by atoms with Crippen molar-refractivity contribution in [3.8, 4) is 0 Å². The molecule has 0 aromatic carbocycles. The van der Waals surface area contributed by atoms with Crippen molar-refractivity contribution in [1.29, 1.82) is 0 Å². The lowest BCUT2D eigenvalue weighted by Gasteiger charge is -2.36. The summed E-state index contributed by atoms with van der Waals surface area (Å²) in [6, 6.07) is -0.000486. The maximum atomic E-state index is 12.5. The first kappa shape index (κ1) is 14.5. The molecule has 0 aromatic rings. The van der Waals surface area contributed by atoms with Gasteiger partial charge in [-0.25, -0.2) is 0 Å². The van der Waals surface area contributed by atoms with Crippen molar-refractivity contribution in [2.75, 3.05) is 53.0 Å². The minimum absolute atomic E-state index is 0.000486. The van der Waals surface area contributed by atoms with Gasteiger partial charge in [-0.05, 0) is 18.9 Å². The van der Waals surface area contributed by atoms with Crippen LogP contribution in [-0.4, -0.2) is 74.7 Å². The number of rotatable bonds is 4. The third kappa shape index (κ3) is 3.78. The van der Waals surface area contributed by atoms with E-state index in [2.05, 4.69) is 16.3 Å². The van der Waals surface area contributed by atoms with Crippen molar-refractivity contribution in [3.05, 3.63) is 11.6 Å². The lowest BCUT2D eigenvalue weighted by molar-refractivity contribution is -0.136. The zero-order chi connectivity index (χ0) is 13.7. The van der Waals surface area contributed by atoms with Gasteiger partial charge in [0.25, 0.3) is 0 Å². The topological polar surface area (TPSA) is 44.8 Å². The van der Waals surface area contributed by atoms with Gasteiger partial charge in [0.2, 0.25) is 5.91 Å². The van der Waals surface area contributed by atoms with Crippen LogP contribution in [-0.2, 0) is 9.53 Å². The number of carbonyl (C=O) groups is 1. The highest BCUT2D eigenvalue weighted by atomic mass is 16.5. The van der Waals surface area contributed by atoms with E-state index in [1.165, 1.54) is 5.57 Å². The van der Waals surface area contributed by atoms with Gasteiger partial charge in [-0.1, -0.05) is 6.08 Å². The quantitative estimate of drug-likeness (QED) is 0.733. The largest absolute Gasteiger partial charge is 0.380 e. The molecule has 0 aromatic heterocycles. The van der Waals surface area contributed by atoms with E-state index >= 15 is 0 Å². The number of methoxy groups -OCH3 is 1. The second-order valence-electron chi connectivity index (χ2n) is 5.29. The van der Waals surface area contributed by atoms with Crippen LogP contribution in [0.5, 0.6) is 0 Å². The van der Waals surface area contributed by atoms with Crippen molar-refractivity contribution in [3.63, 3.8) is 0 Å². The van der Waals surface area contributed by atoms with Crippen LogP contribution in [0.1, 0.15) is 13.3 Å². The summed E-state index contributed by atoms with van der Waals surface area (Å²) in [5.74, 6) is 0.259. The molecule has 1 fully saturated rings. The first-order valence-corrected chi connectivity index (χ1v) is 7.12. The average molecular weight is 267 g/mol. The molecule has 1 N–H and O–H groups in total. The third-order valence-electron chi connectivity index (χ3n) is 4.00. The van der Waals surface area contributed by atoms with Crippen LogP contribution in [0.25, 0.3) is 0 Å². The molecule has 5 nitrogen and oxygen atoms in total. The second kappa shape index (κ2) is 7.03. The fraction of sp³-hybridized carbons (Fsp3) is 0.786. The van der Waals surface area contributed by atoms with Crippen LogP contribution >= 0.6 is 0 Å². The van der Waals surface area contributed by atoms with Gasteiger partial charge in [0, 0.05) is 46.4 Å². The second-order valence-corrected chi connectivity index (χ2v) is 5.29. The Labute approximate surface area is 115 Å². The summed E-state index contributed by atoms with van der Waals surface area (Å²) >= 11 is 0.